The quantitative estimate of drug-likeness (QED) is 0.600. The standard InChI is InChI=1S/C25H37N7O2/c1-3-30(21-8-9-22(26)18(2)16-21)17-19-4-6-20(7-5-19)32-13-10-23(29-25(32)34)28-24(33)31-14-11-27-12-15-31/h4-7,10,13,18,21-22,27H,3,8-9,11-12,14-17,26H2,1-2H3,(H,28,29,33,34)/t18?,21-,22-/m0/s1. The third-order valence-corrected chi connectivity index (χ3v) is 7.17. The summed E-state index contributed by atoms with van der Waals surface area (Å²) in [7, 11) is 0. The van der Waals surface area contributed by atoms with Crippen LogP contribution in [0.5, 0.6) is 0 Å². The summed E-state index contributed by atoms with van der Waals surface area (Å²) >= 11 is 0. The highest BCUT2D eigenvalue weighted by Crippen LogP contribution is 2.27. The zero-order chi connectivity index (χ0) is 24.1. The highest BCUT2D eigenvalue weighted by atomic mass is 16.2. The minimum atomic E-state index is -0.423. The normalized spacial score (nSPS) is 23.2. The average Bonchev–Trinajstić information content (AvgIpc) is 2.85. The van der Waals surface area contributed by atoms with Gasteiger partial charge in [0.05, 0.1) is 5.69 Å². The van der Waals surface area contributed by atoms with Gasteiger partial charge in [-0.3, -0.25) is 14.8 Å². The first-order chi connectivity index (χ1) is 16.4. The van der Waals surface area contributed by atoms with Crippen LogP contribution in [0.2, 0.25) is 0 Å². The maximum Gasteiger partial charge on any atom is 0.354 e. The van der Waals surface area contributed by atoms with Crippen molar-refractivity contribution in [2.75, 3.05) is 38.0 Å². The topological polar surface area (TPSA) is 109 Å². The lowest BCUT2D eigenvalue weighted by Crippen LogP contribution is -2.48. The van der Waals surface area contributed by atoms with E-state index in [0.717, 1.165) is 51.1 Å². The summed E-state index contributed by atoms with van der Waals surface area (Å²) in [5.41, 5.74) is 7.75. The molecule has 2 aromatic rings. The van der Waals surface area contributed by atoms with Gasteiger partial charge >= 0.3 is 11.7 Å². The van der Waals surface area contributed by atoms with Gasteiger partial charge in [-0.1, -0.05) is 26.0 Å². The van der Waals surface area contributed by atoms with Crippen molar-refractivity contribution >= 4 is 11.8 Å². The van der Waals surface area contributed by atoms with E-state index in [1.807, 2.05) is 12.1 Å². The lowest BCUT2D eigenvalue weighted by molar-refractivity contribution is 0.123. The van der Waals surface area contributed by atoms with E-state index in [0.29, 0.717) is 31.1 Å². The molecule has 1 aromatic heterocycles. The molecular weight excluding hydrogens is 430 g/mol. The fourth-order valence-electron chi connectivity index (χ4n) is 4.94. The summed E-state index contributed by atoms with van der Waals surface area (Å²) in [6.45, 7) is 9.15. The summed E-state index contributed by atoms with van der Waals surface area (Å²) in [4.78, 5) is 33.3. The number of anilines is 1. The van der Waals surface area contributed by atoms with Crippen molar-refractivity contribution < 1.29 is 4.79 Å². The molecule has 1 saturated heterocycles. The molecular formula is C25H37N7O2. The molecule has 1 aliphatic carbocycles. The second-order valence-corrected chi connectivity index (χ2v) is 9.47. The van der Waals surface area contributed by atoms with Crippen molar-refractivity contribution in [3.63, 3.8) is 0 Å². The number of amides is 2. The second kappa shape index (κ2) is 11.1. The second-order valence-electron chi connectivity index (χ2n) is 9.47. The number of hydrogen-bond acceptors (Lipinski definition) is 6. The van der Waals surface area contributed by atoms with Gasteiger partial charge in [-0.15, -0.1) is 0 Å². The van der Waals surface area contributed by atoms with Crippen LogP contribution in [-0.4, -0.2) is 70.2 Å². The van der Waals surface area contributed by atoms with Crippen LogP contribution in [-0.2, 0) is 6.54 Å². The van der Waals surface area contributed by atoms with Crippen molar-refractivity contribution in [1.82, 2.24) is 24.7 Å². The molecule has 0 bridgehead atoms. The maximum absolute atomic E-state index is 12.6. The van der Waals surface area contributed by atoms with Gasteiger partial charge in [0.1, 0.15) is 5.82 Å². The lowest BCUT2D eigenvalue weighted by Gasteiger charge is -2.38. The van der Waals surface area contributed by atoms with Crippen molar-refractivity contribution in [1.29, 1.82) is 0 Å². The number of carbonyl (C=O) groups is 1. The lowest BCUT2D eigenvalue weighted by atomic mass is 9.82. The first-order valence-corrected chi connectivity index (χ1v) is 12.4. The average molecular weight is 468 g/mol. The third-order valence-electron chi connectivity index (χ3n) is 7.17. The summed E-state index contributed by atoms with van der Waals surface area (Å²) in [5.74, 6) is 0.820. The van der Waals surface area contributed by atoms with Gasteiger partial charge < -0.3 is 16.0 Å². The largest absolute Gasteiger partial charge is 0.354 e. The van der Waals surface area contributed by atoms with Gasteiger partial charge in [-0.2, -0.15) is 4.98 Å². The van der Waals surface area contributed by atoms with Gasteiger partial charge in [0, 0.05) is 51.0 Å². The molecule has 2 aliphatic rings. The first kappa shape index (κ1) is 24.4. The molecule has 4 rings (SSSR count). The monoisotopic (exact) mass is 467 g/mol. The number of rotatable bonds is 6. The zero-order valence-electron chi connectivity index (χ0n) is 20.2. The SMILES string of the molecule is CCN(Cc1ccc(-n2ccc(NC(=O)N3CCNCC3)nc2=O)cc1)[C@H]1CC[C@H](N)C(C)C1. The van der Waals surface area contributed by atoms with Crippen LogP contribution >= 0.6 is 0 Å². The smallest absolute Gasteiger partial charge is 0.327 e. The molecule has 2 amide bonds. The molecule has 9 nitrogen and oxygen atoms in total. The molecule has 2 fully saturated rings. The van der Waals surface area contributed by atoms with Crippen LogP contribution in [0.3, 0.4) is 0 Å². The number of carbonyl (C=O) groups excluding carboxylic acids is 1. The van der Waals surface area contributed by atoms with E-state index in [2.05, 4.69) is 46.5 Å². The van der Waals surface area contributed by atoms with Crippen molar-refractivity contribution in [3.8, 4) is 5.69 Å². The highest BCUT2D eigenvalue weighted by Gasteiger charge is 2.28. The van der Waals surface area contributed by atoms with E-state index in [1.165, 1.54) is 10.1 Å². The number of piperazine rings is 1. The Morgan fingerprint density at radius 3 is 2.59 bits per heavy atom. The number of hydrogen-bond donors (Lipinski definition) is 3. The van der Waals surface area contributed by atoms with Crippen LogP contribution in [0.25, 0.3) is 5.69 Å². The maximum atomic E-state index is 12.6. The van der Waals surface area contributed by atoms with Gasteiger partial charge in [0.25, 0.3) is 0 Å². The molecule has 184 valence electrons. The Kier molecular flexibility index (Phi) is 7.97. The molecule has 0 spiro atoms. The van der Waals surface area contributed by atoms with E-state index in [1.54, 1.807) is 17.2 Å². The van der Waals surface area contributed by atoms with Crippen molar-refractivity contribution in [3.05, 3.63) is 52.6 Å². The number of aromatic nitrogens is 2. The first-order valence-electron chi connectivity index (χ1n) is 12.4. The number of nitrogens with one attached hydrogen (secondary N) is 2. The summed E-state index contributed by atoms with van der Waals surface area (Å²) in [6, 6.07) is 10.4. The number of benzene rings is 1. The summed E-state index contributed by atoms with van der Waals surface area (Å²) in [6.07, 6.45) is 5.04. The Balaban J connectivity index is 1.39. The van der Waals surface area contributed by atoms with Crippen LogP contribution in [0.4, 0.5) is 10.6 Å². The Hall–Kier alpha value is -2.75. The van der Waals surface area contributed by atoms with E-state index < -0.39 is 5.69 Å². The fraction of sp³-hybridized carbons (Fsp3) is 0.560. The Morgan fingerprint density at radius 1 is 1.21 bits per heavy atom. The number of urea groups is 1. The molecule has 1 aromatic carbocycles. The van der Waals surface area contributed by atoms with Crippen molar-refractivity contribution in [2.45, 2.75) is 51.7 Å². The van der Waals surface area contributed by atoms with Gasteiger partial charge in [-0.05, 0) is 55.5 Å². The third kappa shape index (κ3) is 5.84. The van der Waals surface area contributed by atoms with E-state index in [4.69, 9.17) is 5.73 Å². The van der Waals surface area contributed by atoms with Crippen LogP contribution in [0.1, 0.15) is 38.7 Å². The van der Waals surface area contributed by atoms with Gasteiger partial charge in [0.15, 0.2) is 0 Å². The molecule has 1 aliphatic heterocycles. The molecule has 3 atom stereocenters. The van der Waals surface area contributed by atoms with Crippen LogP contribution in [0.15, 0.2) is 41.3 Å². The zero-order valence-corrected chi connectivity index (χ0v) is 20.2. The molecule has 9 heteroatoms. The molecule has 2 heterocycles. The summed E-state index contributed by atoms with van der Waals surface area (Å²) < 4.78 is 1.49. The molecule has 0 radical (unpaired) electrons. The minimum Gasteiger partial charge on any atom is -0.327 e. The van der Waals surface area contributed by atoms with Gasteiger partial charge in [0.2, 0.25) is 0 Å². The van der Waals surface area contributed by atoms with E-state index in [-0.39, 0.29) is 11.8 Å². The Labute approximate surface area is 201 Å². The van der Waals surface area contributed by atoms with Crippen LogP contribution in [0, 0.1) is 5.92 Å². The predicted octanol–water partition coefficient (Wildman–Crippen LogP) is 2.01. The van der Waals surface area contributed by atoms with Crippen LogP contribution < -0.4 is 22.1 Å². The molecule has 4 N–H and O–H groups in total. The molecule has 34 heavy (non-hydrogen) atoms. The number of nitrogens with zero attached hydrogens (tertiary/aromatic N) is 4. The minimum absolute atomic E-state index is 0.231. The van der Waals surface area contributed by atoms with Crippen molar-refractivity contribution in [2.24, 2.45) is 11.7 Å². The molecule has 1 saturated carbocycles. The number of nitrogens with two attached hydrogens (primary N) is 1. The Morgan fingerprint density at radius 2 is 1.94 bits per heavy atom. The Bertz CT molecular complexity index is 1020. The summed E-state index contributed by atoms with van der Waals surface area (Å²) in [5, 5.41) is 5.93. The highest BCUT2D eigenvalue weighted by molar-refractivity contribution is 5.88. The van der Waals surface area contributed by atoms with E-state index >= 15 is 0 Å². The predicted molar refractivity (Wildman–Crippen MR) is 134 cm³/mol. The van der Waals surface area contributed by atoms with Gasteiger partial charge in [-0.25, -0.2) is 9.59 Å². The molecule has 1 unspecified atom stereocenters. The van der Waals surface area contributed by atoms with E-state index in [9.17, 15) is 9.59 Å². The fourth-order valence-corrected chi connectivity index (χ4v) is 4.94.